The zero-order chi connectivity index (χ0) is 22.7. The van der Waals surface area contributed by atoms with Crippen molar-refractivity contribution < 1.29 is 13.2 Å². The molecule has 10 heteroatoms. The second-order valence-corrected chi connectivity index (χ2v) is 11.3. The molecule has 1 aliphatic carbocycles. The third-order valence-electron chi connectivity index (χ3n) is 7.12. The topological polar surface area (TPSA) is 83.5 Å². The van der Waals surface area contributed by atoms with Crippen LogP contribution in [0.2, 0.25) is 10.0 Å². The number of sulfonamides is 1. The summed E-state index contributed by atoms with van der Waals surface area (Å²) in [6, 6.07) is 4.98. The van der Waals surface area contributed by atoms with E-state index in [1.165, 1.54) is 28.8 Å². The first-order valence-corrected chi connectivity index (χ1v) is 12.6. The van der Waals surface area contributed by atoms with E-state index >= 15 is 0 Å². The maximum atomic E-state index is 13.7. The van der Waals surface area contributed by atoms with Gasteiger partial charge >= 0.3 is 0 Å². The molecule has 2 aliphatic heterocycles. The average molecular weight is 493 g/mol. The van der Waals surface area contributed by atoms with E-state index in [1.54, 1.807) is 17.2 Å². The Morgan fingerprint density at radius 1 is 1.25 bits per heavy atom. The summed E-state index contributed by atoms with van der Waals surface area (Å²) in [5.41, 5.74) is 0.279. The van der Waals surface area contributed by atoms with Gasteiger partial charge in [-0.05, 0) is 37.1 Å². The van der Waals surface area contributed by atoms with Crippen LogP contribution >= 0.6 is 23.2 Å². The van der Waals surface area contributed by atoms with Crippen LogP contribution in [-0.2, 0) is 21.4 Å². The Labute approximate surface area is 197 Å². The molecule has 4 atom stereocenters. The highest BCUT2D eigenvalue weighted by atomic mass is 35.5. The molecule has 2 aromatic rings. The van der Waals surface area contributed by atoms with Crippen molar-refractivity contribution in [3.8, 4) is 0 Å². The Bertz CT molecular complexity index is 1170. The van der Waals surface area contributed by atoms with E-state index < -0.39 is 21.5 Å². The highest BCUT2D eigenvalue weighted by Crippen LogP contribution is 2.63. The average Bonchev–Trinajstić information content (AvgIpc) is 3.07. The van der Waals surface area contributed by atoms with Gasteiger partial charge in [0.15, 0.2) is 0 Å². The number of nitrogens with zero attached hydrogens (tertiary/aromatic N) is 4. The number of benzene rings is 1. The van der Waals surface area contributed by atoms with Crippen molar-refractivity contribution in [1.29, 1.82) is 0 Å². The lowest BCUT2D eigenvalue weighted by Crippen LogP contribution is -2.80. The van der Waals surface area contributed by atoms with Crippen LogP contribution in [0.3, 0.4) is 0 Å². The minimum Gasteiger partial charge on any atom is -0.335 e. The van der Waals surface area contributed by atoms with Crippen LogP contribution in [0, 0.1) is 11.3 Å². The number of aromatic nitrogens is 2. The molecule has 0 radical (unpaired) electrons. The van der Waals surface area contributed by atoms with Crippen LogP contribution in [0.5, 0.6) is 0 Å². The Morgan fingerprint density at radius 3 is 2.66 bits per heavy atom. The zero-order valence-corrected chi connectivity index (χ0v) is 19.5. The van der Waals surface area contributed by atoms with E-state index in [4.69, 9.17) is 23.2 Å². The number of piperidine rings is 1. The molecule has 32 heavy (non-hydrogen) atoms. The predicted octanol–water partition coefficient (Wildman–Crippen LogP) is 3.54. The van der Waals surface area contributed by atoms with Crippen molar-refractivity contribution in [2.24, 2.45) is 11.3 Å². The third kappa shape index (κ3) is 3.11. The van der Waals surface area contributed by atoms with Crippen molar-refractivity contribution in [3.63, 3.8) is 0 Å². The normalized spacial score (nSPS) is 29.9. The standard InChI is InChI=1S/C22H22Cl2N4O3S/c1-2-14-11-27(12-17-5-7-25-13-26-17)21(29)20-22(14)6-3-4-19(22)28(20)32(30,31)18-9-15(23)8-16(24)10-18/h2,5,7-10,13-14,19-20H,1,3-4,6,11-12H2. The number of carbonyl (C=O) groups is 1. The largest absolute Gasteiger partial charge is 0.335 e. The van der Waals surface area contributed by atoms with Crippen LogP contribution in [0.15, 0.2) is 54.3 Å². The van der Waals surface area contributed by atoms with E-state index in [-0.39, 0.29) is 32.8 Å². The molecule has 3 fully saturated rings. The molecule has 3 aliphatic rings. The molecular formula is C22H22Cl2N4O3S. The minimum atomic E-state index is -3.98. The van der Waals surface area contributed by atoms with Gasteiger partial charge in [0.05, 0.1) is 17.1 Å². The second kappa shape index (κ2) is 7.80. The summed E-state index contributed by atoms with van der Waals surface area (Å²) < 4.78 is 28.8. The van der Waals surface area contributed by atoms with Gasteiger partial charge in [-0.2, -0.15) is 4.31 Å². The Morgan fingerprint density at radius 2 is 2.00 bits per heavy atom. The molecular weight excluding hydrogens is 471 g/mol. The summed E-state index contributed by atoms with van der Waals surface area (Å²) in [5.74, 6) is -0.203. The summed E-state index contributed by atoms with van der Waals surface area (Å²) >= 11 is 12.2. The SMILES string of the molecule is C=CC1CN(Cc2ccncn2)C(=O)C2N(S(=O)(=O)c3cc(Cl)cc(Cl)c3)C3CCCC132. The van der Waals surface area contributed by atoms with Crippen LogP contribution in [0.25, 0.3) is 0 Å². The Hall–Kier alpha value is -2.00. The van der Waals surface area contributed by atoms with Crippen LogP contribution in [0.4, 0.5) is 0 Å². The monoisotopic (exact) mass is 492 g/mol. The first-order valence-electron chi connectivity index (χ1n) is 10.4. The number of amides is 1. The maximum Gasteiger partial charge on any atom is 0.244 e. The maximum absolute atomic E-state index is 13.7. The summed E-state index contributed by atoms with van der Waals surface area (Å²) in [6.45, 7) is 4.81. The molecule has 0 bridgehead atoms. The molecule has 168 valence electrons. The van der Waals surface area contributed by atoms with Gasteiger partial charge in [0.25, 0.3) is 0 Å². The fourth-order valence-corrected chi connectivity index (χ4v) is 8.50. The van der Waals surface area contributed by atoms with Crippen LogP contribution < -0.4 is 0 Å². The number of halogens is 2. The smallest absolute Gasteiger partial charge is 0.244 e. The summed E-state index contributed by atoms with van der Waals surface area (Å²) in [4.78, 5) is 23.5. The van der Waals surface area contributed by atoms with Gasteiger partial charge in [-0.15, -0.1) is 6.58 Å². The lowest BCUT2D eigenvalue weighted by molar-refractivity contribution is -0.177. The van der Waals surface area contributed by atoms with E-state index in [9.17, 15) is 13.2 Å². The zero-order valence-electron chi connectivity index (χ0n) is 17.2. The van der Waals surface area contributed by atoms with Crippen molar-refractivity contribution in [2.75, 3.05) is 6.54 Å². The number of carbonyl (C=O) groups excluding carboxylic acids is 1. The molecule has 1 spiro atoms. The first-order chi connectivity index (χ1) is 15.3. The molecule has 7 nitrogen and oxygen atoms in total. The van der Waals surface area contributed by atoms with E-state index in [0.717, 1.165) is 12.8 Å². The highest BCUT2D eigenvalue weighted by molar-refractivity contribution is 7.89. The van der Waals surface area contributed by atoms with Crippen LogP contribution in [-0.4, -0.2) is 52.1 Å². The van der Waals surface area contributed by atoms with E-state index in [0.29, 0.717) is 25.2 Å². The number of hydrogen-bond acceptors (Lipinski definition) is 5. The number of likely N-dealkylation sites (tertiary alicyclic amines) is 1. The summed E-state index contributed by atoms with van der Waals surface area (Å²) in [6.07, 6.45) is 7.32. The van der Waals surface area contributed by atoms with Crippen LogP contribution in [0.1, 0.15) is 25.0 Å². The summed E-state index contributed by atoms with van der Waals surface area (Å²) in [5, 5.41) is 0.470. The molecule has 0 N–H and O–H groups in total. The molecule has 2 saturated heterocycles. The van der Waals surface area contributed by atoms with Gasteiger partial charge in [-0.1, -0.05) is 35.7 Å². The van der Waals surface area contributed by atoms with Crippen molar-refractivity contribution in [3.05, 3.63) is 65.2 Å². The summed E-state index contributed by atoms with van der Waals surface area (Å²) in [7, 11) is -3.98. The number of hydrogen-bond donors (Lipinski definition) is 0. The molecule has 1 amide bonds. The molecule has 1 saturated carbocycles. The van der Waals surface area contributed by atoms with Crippen molar-refractivity contribution in [2.45, 2.75) is 42.8 Å². The first kappa shape index (κ1) is 21.8. The van der Waals surface area contributed by atoms with E-state index in [1.807, 2.05) is 6.08 Å². The lowest BCUT2D eigenvalue weighted by Gasteiger charge is -2.65. The molecule has 1 aromatic heterocycles. The highest BCUT2D eigenvalue weighted by Gasteiger charge is 2.73. The van der Waals surface area contributed by atoms with Gasteiger partial charge < -0.3 is 4.90 Å². The lowest BCUT2D eigenvalue weighted by atomic mass is 9.58. The third-order valence-corrected chi connectivity index (χ3v) is 9.41. The van der Waals surface area contributed by atoms with Gasteiger partial charge in [0, 0.05) is 40.2 Å². The number of rotatable bonds is 5. The van der Waals surface area contributed by atoms with Gasteiger partial charge in [-0.3, -0.25) is 4.79 Å². The van der Waals surface area contributed by atoms with E-state index in [2.05, 4.69) is 16.5 Å². The molecule has 1 aromatic carbocycles. The predicted molar refractivity (Wildman–Crippen MR) is 120 cm³/mol. The molecule has 5 rings (SSSR count). The Kier molecular flexibility index (Phi) is 5.32. The quantitative estimate of drug-likeness (QED) is 0.596. The van der Waals surface area contributed by atoms with Crippen molar-refractivity contribution in [1.82, 2.24) is 19.2 Å². The minimum absolute atomic E-state index is 0.00561. The fraction of sp³-hybridized carbons (Fsp3) is 0.409. The Balaban J connectivity index is 1.55. The van der Waals surface area contributed by atoms with Crippen molar-refractivity contribution >= 4 is 39.1 Å². The fourth-order valence-electron chi connectivity index (χ4n) is 5.85. The van der Waals surface area contributed by atoms with Gasteiger partial charge in [0.2, 0.25) is 15.9 Å². The van der Waals surface area contributed by atoms with Gasteiger partial charge in [0.1, 0.15) is 12.4 Å². The van der Waals surface area contributed by atoms with Gasteiger partial charge in [-0.25, -0.2) is 18.4 Å². The molecule has 3 heterocycles. The second-order valence-electron chi connectivity index (χ2n) is 8.62. The molecule has 4 unspecified atom stereocenters.